The van der Waals surface area contributed by atoms with Gasteiger partial charge in [-0.3, -0.25) is 4.79 Å². The Labute approximate surface area is 176 Å². The number of carbonyl (C=O) groups excluding carboxylic acids is 2. The summed E-state index contributed by atoms with van der Waals surface area (Å²) in [6.45, 7) is 1.41. The first-order valence-corrected chi connectivity index (χ1v) is 9.87. The van der Waals surface area contributed by atoms with Gasteiger partial charge in [0.05, 0.1) is 24.6 Å². The van der Waals surface area contributed by atoms with Crippen LogP contribution in [-0.4, -0.2) is 28.3 Å². The third-order valence-electron chi connectivity index (χ3n) is 5.24. The van der Waals surface area contributed by atoms with Crippen molar-refractivity contribution >= 4 is 17.6 Å². The van der Waals surface area contributed by atoms with E-state index in [0.717, 1.165) is 25.5 Å². The predicted molar refractivity (Wildman–Crippen MR) is 104 cm³/mol. The van der Waals surface area contributed by atoms with Crippen LogP contribution in [0.5, 0.6) is 0 Å². The van der Waals surface area contributed by atoms with Gasteiger partial charge in [0.15, 0.2) is 5.69 Å². The Hall–Kier alpha value is -3.35. The molecule has 164 valence electrons. The van der Waals surface area contributed by atoms with E-state index in [0.29, 0.717) is 17.5 Å². The van der Waals surface area contributed by atoms with Crippen LogP contribution in [-0.2, 0) is 15.7 Å². The lowest BCUT2D eigenvalue weighted by molar-refractivity contribution is -0.143. The lowest BCUT2D eigenvalue weighted by Gasteiger charge is -2.29. The monoisotopic (exact) mass is 434 g/mol. The number of ether oxygens (including phenoxy) is 1. The summed E-state index contributed by atoms with van der Waals surface area (Å²) >= 11 is 0. The molecule has 0 unspecified atom stereocenters. The van der Waals surface area contributed by atoms with E-state index in [1.807, 2.05) is 0 Å². The van der Waals surface area contributed by atoms with Gasteiger partial charge >= 0.3 is 12.1 Å². The fourth-order valence-corrected chi connectivity index (χ4v) is 3.69. The van der Waals surface area contributed by atoms with E-state index >= 15 is 0 Å². The largest absolute Gasteiger partial charge is 0.462 e. The number of carbonyl (C=O) groups is 2. The third-order valence-corrected chi connectivity index (χ3v) is 5.24. The molecule has 1 aromatic carbocycles. The highest BCUT2D eigenvalue weighted by Gasteiger charge is 2.42. The van der Waals surface area contributed by atoms with Gasteiger partial charge < -0.3 is 10.1 Å². The molecule has 1 saturated carbocycles. The number of nitriles is 1. The molecular formula is C21H21F3N4O3. The molecule has 1 aromatic heterocycles. The molecular weight excluding hydrogens is 413 g/mol. The van der Waals surface area contributed by atoms with E-state index < -0.39 is 34.7 Å². The number of anilines is 1. The first kappa shape index (κ1) is 22.3. The molecule has 1 N–H and O–H groups in total. The molecule has 2 aromatic rings. The van der Waals surface area contributed by atoms with E-state index in [1.165, 1.54) is 31.2 Å². The van der Waals surface area contributed by atoms with E-state index in [4.69, 9.17) is 4.74 Å². The molecule has 0 aliphatic heterocycles. The highest BCUT2D eigenvalue weighted by atomic mass is 19.4. The van der Waals surface area contributed by atoms with Crippen molar-refractivity contribution in [3.8, 4) is 11.8 Å². The Morgan fingerprint density at radius 3 is 2.61 bits per heavy atom. The van der Waals surface area contributed by atoms with Crippen molar-refractivity contribution in [1.29, 1.82) is 5.26 Å². The maximum absolute atomic E-state index is 13.7. The van der Waals surface area contributed by atoms with Gasteiger partial charge in [0, 0.05) is 5.69 Å². The summed E-state index contributed by atoms with van der Waals surface area (Å²) in [7, 11) is 0. The van der Waals surface area contributed by atoms with Crippen LogP contribution < -0.4 is 5.32 Å². The Bertz CT molecular complexity index is 1020. The number of aromatic nitrogens is 2. The molecule has 1 heterocycles. The summed E-state index contributed by atoms with van der Waals surface area (Å²) in [6, 6.07) is 7.76. The van der Waals surface area contributed by atoms with Crippen molar-refractivity contribution in [3.63, 3.8) is 0 Å². The normalized spacial score (nSPS) is 15.7. The molecule has 0 atom stereocenters. The number of benzene rings is 1. The smallest absolute Gasteiger partial charge is 0.434 e. The zero-order valence-corrected chi connectivity index (χ0v) is 16.8. The molecule has 10 heteroatoms. The second-order valence-electron chi connectivity index (χ2n) is 7.30. The van der Waals surface area contributed by atoms with Crippen molar-refractivity contribution in [3.05, 3.63) is 41.7 Å². The van der Waals surface area contributed by atoms with Crippen LogP contribution in [0.4, 0.5) is 18.9 Å². The van der Waals surface area contributed by atoms with E-state index in [1.54, 1.807) is 0 Å². The molecule has 0 radical (unpaired) electrons. The van der Waals surface area contributed by atoms with Crippen molar-refractivity contribution in [2.75, 3.05) is 11.9 Å². The first-order chi connectivity index (χ1) is 14.7. The van der Waals surface area contributed by atoms with Gasteiger partial charge in [0.1, 0.15) is 11.0 Å². The lowest BCUT2D eigenvalue weighted by Crippen LogP contribution is -2.36. The maximum atomic E-state index is 13.7. The Morgan fingerprint density at radius 2 is 2.00 bits per heavy atom. The van der Waals surface area contributed by atoms with Gasteiger partial charge in [0.2, 0.25) is 5.91 Å². The number of nitrogens with zero attached hydrogens (tertiary/aromatic N) is 3. The third kappa shape index (κ3) is 4.55. The van der Waals surface area contributed by atoms with Crippen LogP contribution in [0.15, 0.2) is 30.5 Å². The minimum Gasteiger partial charge on any atom is -0.462 e. The molecule has 0 saturated heterocycles. The van der Waals surface area contributed by atoms with Gasteiger partial charge in [0.25, 0.3) is 0 Å². The van der Waals surface area contributed by atoms with Crippen LogP contribution >= 0.6 is 0 Å². The number of alkyl halides is 3. The van der Waals surface area contributed by atoms with Gasteiger partial charge in [-0.2, -0.15) is 23.5 Å². The van der Waals surface area contributed by atoms with Crippen LogP contribution in [0, 0.1) is 16.7 Å². The molecule has 7 nitrogen and oxygen atoms in total. The van der Waals surface area contributed by atoms with E-state index in [2.05, 4.69) is 16.5 Å². The highest BCUT2D eigenvalue weighted by Crippen LogP contribution is 2.37. The number of halogens is 3. The van der Waals surface area contributed by atoms with Gasteiger partial charge in [-0.25, -0.2) is 9.48 Å². The number of hydrogen-bond donors (Lipinski definition) is 1. The SMILES string of the molecule is CCOC(=O)c1cnn(-c2cccc(NC(=O)C3(C#N)CCCCC3)c2)c1C(F)(F)F. The van der Waals surface area contributed by atoms with Crippen molar-refractivity contribution < 1.29 is 27.5 Å². The quantitative estimate of drug-likeness (QED) is 0.700. The Morgan fingerprint density at radius 1 is 1.29 bits per heavy atom. The lowest BCUT2D eigenvalue weighted by atomic mass is 9.74. The molecule has 3 rings (SSSR count). The number of nitrogens with one attached hydrogen (secondary N) is 1. The van der Waals surface area contributed by atoms with E-state index in [-0.39, 0.29) is 18.0 Å². The summed E-state index contributed by atoms with van der Waals surface area (Å²) in [5.74, 6) is -1.60. The fraction of sp³-hybridized carbons (Fsp3) is 0.429. The van der Waals surface area contributed by atoms with Crippen molar-refractivity contribution in [1.82, 2.24) is 9.78 Å². The van der Waals surface area contributed by atoms with Gasteiger partial charge in [-0.05, 0) is 38.0 Å². The number of amides is 1. The first-order valence-electron chi connectivity index (χ1n) is 9.87. The zero-order chi connectivity index (χ0) is 22.6. The number of hydrogen-bond acceptors (Lipinski definition) is 5. The van der Waals surface area contributed by atoms with E-state index in [9.17, 15) is 28.0 Å². The Balaban J connectivity index is 1.94. The Kier molecular flexibility index (Phi) is 6.34. The molecule has 1 aliphatic rings. The molecule has 1 fully saturated rings. The molecule has 1 amide bonds. The topological polar surface area (TPSA) is 97.0 Å². The number of rotatable bonds is 5. The molecule has 0 bridgehead atoms. The molecule has 1 aliphatic carbocycles. The van der Waals surface area contributed by atoms with Crippen LogP contribution in [0.2, 0.25) is 0 Å². The second kappa shape index (κ2) is 8.79. The minimum atomic E-state index is -4.87. The summed E-state index contributed by atoms with van der Waals surface area (Å²) in [6.07, 6.45) is -0.706. The van der Waals surface area contributed by atoms with Gasteiger partial charge in [-0.1, -0.05) is 25.3 Å². The molecule has 31 heavy (non-hydrogen) atoms. The molecule has 0 spiro atoms. The average molecular weight is 434 g/mol. The van der Waals surface area contributed by atoms with Crippen LogP contribution in [0.25, 0.3) is 5.69 Å². The summed E-state index contributed by atoms with van der Waals surface area (Å²) in [4.78, 5) is 24.7. The van der Waals surface area contributed by atoms with Crippen LogP contribution in [0.1, 0.15) is 55.1 Å². The second-order valence-corrected chi connectivity index (χ2v) is 7.30. The summed E-state index contributed by atoms with van der Waals surface area (Å²) in [5, 5.41) is 15.9. The van der Waals surface area contributed by atoms with Crippen LogP contribution in [0.3, 0.4) is 0 Å². The average Bonchev–Trinajstić information content (AvgIpc) is 3.21. The number of esters is 1. The summed E-state index contributed by atoms with van der Waals surface area (Å²) in [5.41, 5.74) is -2.89. The standard InChI is InChI=1S/C21H21F3N4O3/c1-2-31-18(29)16-12-26-28(17(16)21(22,23)24)15-8-6-7-14(11-15)27-19(30)20(13-25)9-4-3-5-10-20/h6-8,11-12H,2-5,9-10H2,1H3,(H,27,30). The zero-order valence-electron chi connectivity index (χ0n) is 16.8. The maximum Gasteiger partial charge on any atom is 0.434 e. The fourth-order valence-electron chi connectivity index (χ4n) is 3.69. The predicted octanol–water partition coefficient (Wildman–Crippen LogP) is 4.48. The highest BCUT2D eigenvalue weighted by molar-refractivity contribution is 5.97. The minimum absolute atomic E-state index is 0.00433. The van der Waals surface area contributed by atoms with Gasteiger partial charge in [-0.15, -0.1) is 0 Å². The summed E-state index contributed by atoms with van der Waals surface area (Å²) < 4.78 is 46.4. The van der Waals surface area contributed by atoms with Crippen molar-refractivity contribution in [2.45, 2.75) is 45.2 Å². The van der Waals surface area contributed by atoms with Crippen molar-refractivity contribution in [2.24, 2.45) is 5.41 Å².